The Labute approximate surface area is 103 Å². The molecule has 1 aromatic carbocycles. The minimum Gasteiger partial charge on any atom is -0.480 e. The fourth-order valence-corrected chi connectivity index (χ4v) is 1.83. The first-order chi connectivity index (χ1) is 8.06. The second-order valence-corrected chi connectivity index (χ2v) is 4.28. The largest absolute Gasteiger partial charge is 0.480 e. The minimum atomic E-state index is -1.02. The summed E-state index contributed by atoms with van der Waals surface area (Å²) in [5.74, 6) is -1.31. The normalized spacial score (nSPS) is 23.2. The topological polar surface area (TPSA) is 78.4 Å². The molecule has 2 rings (SSSR count). The van der Waals surface area contributed by atoms with Crippen molar-refractivity contribution in [2.24, 2.45) is 0 Å². The number of hydrogen-bond acceptors (Lipinski definition) is 3. The molecule has 0 spiro atoms. The highest BCUT2D eigenvalue weighted by Crippen LogP contribution is 2.18. The van der Waals surface area contributed by atoms with Crippen molar-refractivity contribution in [3.8, 4) is 0 Å². The molecule has 1 saturated heterocycles. The van der Waals surface area contributed by atoms with Crippen molar-refractivity contribution in [1.82, 2.24) is 5.32 Å². The zero-order valence-corrected chi connectivity index (χ0v) is 9.57. The second-order valence-electron chi connectivity index (χ2n) is 3.84. The van der Waals surface area contributed by atoms with Crippen molar-refractivity contribution >= 4 is 29.2 Å². The molecule has 6 heteroatoms. The molecule has 5 nitrogen and oxygen atoms in total. The van der Waals surface area contributed by atoms with Crippen molar-refractivity contribution in [3.63, 3.8) is 0 Å². The van der Waals surface area contributed by atoms with Gasteiger partial charge in [0.15, 0.2) is 0 Å². The van der Waals surface area contributed by atoms with E-state index in [1.165, 1.54) is 0 Å². The maximum atomic E-state index is 11.5. The molecule has 0 radical (unpaired) electrons. The summed E-state index contributed by atoms with van der Waals surface area (Å²) in [6, 6.07) is 5.55. The van der Waals surface area contributed by atoms with Gasteiger partial charge in [0.25, 0.3) is 0 Å². The number of anilines is 1. The van der Waals surface area contributed by atoms with E-state index in [0.717, 1.165) is 5.69 Å². The van der Waals surface area contributed by atoms with Gasteiger partial charge in [0, 0.05) is 17.1 Å². The number of hydrogen-bond donors (Lipinski definition) is 3. The lowest BCUT2D eigenvalue weighted by atomic mass is 10.1. The number of halogens is 1. The zero-order valence-electron chi connectivity index (χ0n) is 8.81. The van der Waals surface area contributed by atoms with Crippen LogP contribution in [0.15, 0.2) is 24.3 Å². The Kier molecular flexibility index (Phi) is 3.19. The Hall–Kier alpha value is -1.75. The number of amides is 1. The molecule has 1 aliphatic rings. The van der Waals surface area contributed by atoms with Crippen LogP contribution in [-0.2, 0) is 9.59 Å². The van der Waals surface area contributed by atoms with E-state index in [1.54, 1.807) is 24.3 Å². The van der Waals surface area contributed by atoms with Crippen LogP contribution < -0.4 is 10.6 Å². The summed E-state index contributed by atoms with van der Waals surface area (Å²) in [5.41, 5.74) is 0.737. The minimum absolute atomic E-state index is 0.233. The van der Waals surface area contributed by atoms with E-state index in [-0.39, 0.29) is 12.3 Å². The van der Waals surface area contributed by atoms with Gasteiger partial charge in [-0.2, -0.15) is 0 Å². The number of carbonyl (C=O) groups excluding carboxylic acids is 1. The fourth-order valence-electron chi connectivity index (χ4n) is 1.71. The average molecular weight is 255 g/mol. The average Bonchev–Trinajstić information content (AvgIpc) is 2.64. The Balaban J connectivity index is 2.02. The molecule has 3 N–H and O–H groups in total. The van der Waals surface area contributed by atoms with Gasteiger partial charge < -0.3 is 15.7 Å². The SMILES string of the molecule is O=C(O)[C@H]1C[C@@H](Nc2ccc(Cl)cc2)C(=O)N1. The molecule has 0 aromatic heterocycles. The first-order valence-electron chi connectivity index (χ1n) is 5.11. The Morgan fingerprint density at radius 3 is 2.59 bits per heavy atom. The first-order valence-corrected chi connectivity index (χ1v) is 5.49. The smallest absolute Gasteiger partial charge is 0.326 e. The van der Waals surface area contributed by atoms with Crippen LogP contribution in [0.25, 0.3) is 0 Å². The van der Waals surface area contributed by atoms with E-state index in [4.69, 9.17) is 16.7 Å². The predicted molar refractivity (Wildman–Crippen MR) is 63.0 cm³/mol. The molecule has 0 unspecified atom stereocenters. The van der Waals surface area contributed by atoms with Gasteiger partial charge in [-0.3, -0.25) is 4.79 Å². The summed E-state index contributed by atoms with van der Waals surface area (Å²) >= 11 is 5.74. The summed E-state index contributed by atoms with van der Waals surface area (Å²) in [4.78, 5) is 22.2. The molecule has 1 heterocycles. The fraction of sp³-hybridized carbons (Fsp3) is 0.273. The van der Waals surface area contributed by atoms with E-state index >= 15 is 0 Å². The highest BCUT2D eigenvalue weighted by atomic mass is 35.5. The standard InChI is InChI=1S/C11H11ClN2O3/c12-6-1-3-7(4-2-6)13-8-5-9(11(16)17)14-10(8)15/h1-4,8-9,13H,5H2,(H,14,15)(H,16,17)/t8-,9-/m1/s1. The van der Waals surface area contributed by atoms with E-state index in [2.05, 4.69) is 10.6 Å². The molecular formula is C11H11ClN2O3. The molecule has 90 valence electrons. The summed E-state index contributed by atoms with van der Waals surface area (Å²) in [6.07, 6.45) is 0.233. The summed E-state index contributed by atoms with van der Waals surface area (Å²) < 4.78 is 0. The molecule has 1 aromatic rings. The second kappa shape index (κ2) is 4.63. The van der Waals surface area contributed by atoms with Gasteiger partial charge in [-0.05, 0) is 24.3 Å². The van der Waals surface area contributed by atoms with Gasteiger partial charge in [0.1, 0.15) is 12.1 Å². The maximum Gasteiger partial charge on any atom is 0.326 e. The van der Waals surface area contributed by atoms with E-state index < -0.39 is 18.1 Å². The zero-order chi connectivity index (χ0) is 12.4. The van der Waals surface area contributed by atoms with Crippen molar-refractivity contribution in [2.75, 3.05) is 5.32 Å². The number of rotatable bonds is 3. The van der Waals surface area contributed by atoms with Gasteiger partial charge in [-0.1, -0.05) is 11.6 Å². The Bertz CT molecular complexity index is 447. The van der Waals surface area contributed by atoms with Gasteiger partial charge >= 0.3 is 5.97 Å². The molecule has 0 aliphatic carbocycles. The van der Waals surface area contributed by atoms with Crippen LogP contribution in [0.5, 0.6) is 0 Å². The van der Waals surface area contributed by atoms with Crippen LogP contribution in [-0.4, -0.2) is 29.1 Å². The predicted octanol–water partition coefficient (Wildman–Crippen LogP) is 1.09. The highest BCUT2D eigenvalue weighted by molar-refractivity contribution is 6.30. The number of nitrogens with one attached hydrogen (secondary N) is 2. The summed E-state index contributed by atoms with van der Waals surface area (Å²) in [6.45, 7) is 0. The van der Waals surface area contributed by atoms with E-state index in [0.29, 0.717) is 5.02 Å². The van der Waals surface area contributed by atoms with Crippen LogP contribution in [0.2, 0.25) is 5.02 Å². The van der Waals surface area contributed by atoms with Crippen LogP contribution >= 0.6 is 11.6 Å². The van der Waals surface area contributed by atoms with Crippen LogP contribution in [0, 0.1) is 0 Å². The van der Waals surface area contributed by atoms with Gasteiger partial charge in [0.05, 0.1) is 0 Å². The quantitative estimate of drug-likeness (QED) is 0.755. The van der Waals surface area contributed by atoms with Crippen molar-refractivity contribution in [3.05, 3.63) is 29.3 Å². The molecule has 1 fully saturated rings. The molecule has 1 aliphatic heterocycles. The van der Waals surface area contributed by atoms with E-state index in [9.17, 15) is 9.59 Å². The Morgan fingerprint density at radius 2 is 2.06 bits per heavy atom. The molecular weight excluding hydrogens is 244 g/mol. The van der Waals surface area contributed by atoms with Gasteiger partial charge in [-0.15, -0.1) is 0 Å². The van der Waals surface area contributed by atoms with Crippen molar-refractivity contribution in [2.45, 2.75) is 18.5 Å². The molecule has 17 heavy (non-hydrogen) atoms. The lowest BCUT2D eigenvalue weighted by molar-refractivity contribution is -0.140. The monoisotopic (exact) mass is 254 g/mol. The third-order valence-electron chi connectivity index (χ3n) is 2.59. The van der Waals surface area contributed by atoms with Gasteiger partial charge in [0.2, 0.25) is 5.91 Å². The number of carboxylic acid groups (broad SMARTS) is 1. The highest BCUT2D eigenvalue weighted by Gasteiger charge is 2.35. The lowest BCUT2D eigenvalue weighted by Crippen LogP contribution is -2.34. The molecule has 1 amide bonds. The molecule has 2 atom stereocenters. The Morgan fingerprint density at radius 1 is 1.41 bits per heavy atom. The lowest BCUT2D eigenvalue weighted by Gasteiger charge is -2.11. The maximum absolute atomic E-state index is 11.5. The molecule has 0 bridgehead atoms. The number of benzene rings is 1. The number of carboxylic acids is 1. The van der Waals surface area contributed by atoms with E-state index in [1.807, 2.05) is 0 Å². The number of carbonyl (C=O) groups is 2. The molecule has 0 saturated carbocycles. The summed E-state index contributed by atoms with van der Waals surface area (Å²) in [5, 5.41) is 14.8. The third kappa shape index (κ3) is 2.68. The van der Waals surface area contributed by atoms with Crippen LogP contribution in [0.1, 0.15) is 6.42 Å². The first kappa shape index (κ1) is 11.7. The number of aliphatic carboxylic acids is 1. The van der Waals surface area contributed by atoms with Crippen LogP contribution in [0.4, 0.5) is 5.69 Å². The summed E-state index contributed by atoms with van der Waals surface area (Å²) in [7, 11) is 0. The van der Waals surface area contributed by atoms with Crippen molar-refractivity contribution in [1.29, 1.82) is 0 Å². The van der Waals surface area contributed by atoms with Crippen LogP contribution in [0.3, 0.4) is 0 Å². The van der Waals surface area contributed by atoms with Crippen molar-refractivity contribution < 1.29 is 14.7 Å². The third-order valence-corrected chi connectivity index (χ3v) is 2.84. The van der Waals surface area contributed by atoms with Gasteiger partial charge in [-0.25, -0.2) is 4.79 Å².